The van der Waals surface area contributed by atoms with E-state index >= 15 is 0 Å². The van der Waals surface area contributed by atoms with Crippen molar-refractivity contribution in [2.24, 2.45) is 0 Å². The molecule has 1 heterocycles. The fraction of sp³-hybridized carbons (Fsp3) is 0.360. The maximum Gasteiger partial charge on any atom is 0.303 e. The highest BCUT2D eigenvalue weighted by atomic mass is 16.5. The Labute approximate surface area is 178 Å². The van der Waals surface area contributed by atoms with Crippen LogP contribution in [0.5, 0.6) is 5.75 Å². The average Bonchev–Trinajstić information content (AvgIpc) is 3.15. The smallest absolute Gasteiger partial charge is 0.303 e. The van der Waals surface area contributed by atoms with Crippen LogP contribution in [-0.2, 0) is 24.1 Å². The number of oxazole rings is 1. The molecular formula is C25H31NO4. The molecule has 0 saturated carbocycles. The van der Waals surface area contributed by atoms with Crippen LogP contribution < -0.4 is 4.74 Å². The molecule has 0 saturated heterocycles. The van der Waals surface area contributed by atoms with E-state index in [0.29, 0.717) is 25.3 Å². The predicted octanol–water partition coefficient (Wildman–Crippen LogP) is 5.88. The number of carbonyl (C=O) groups is 1. The fourth-order valence-electron chi connectivity index (χ4n) is 3.14. The number of ether oxygens (including phenoxy) is 1. The Morgan fingerprint density at radius 3 is 2.47 bits per heavy atom. The molecule has 5 heteroatoms. The first-order chi connectivity index (χ1) is 14.6. The zero-order chi connectivity index (χ0) is 21.9. The van der Waals surface area contributed by atoms with Crippen molar-refractivity contribution in [3.8, 4) is 17.2 Å². The minimum absolute atomic E-state index is 0.141. The fourth-order valence-corrected chi connectivity index (χ4v) is 3.14. The summed E-state index contributed by atoms with van der Waals surface area (Å²) in [5.74, 6) is 1.45. The third-order valence-corrected chi connectivity index (χ3v) is 4.69. The molecule has 0 unspecified atom stereocenters. The van der Waals surface area contributed by atoms with Crippen LogP contribution in [0.25, 0.3) is 11.5 Å². The van der Waals surface area contributed by atoms with Crippen LogP contribution >= 0.6 is 0 Å². The van der Waals surface area contributed by atoms with Crippen molar-refractivity contribution in [2.75, 3.05) is 6.61 Å². The number of aromatic nitrogens is 1. The second kappa shape index (κ2) is 11.8. The van der Waals surface area contributed by atoms with Gasteiger partial charge in [0.1, 0.15) is 11.5 Å². The zero-order valence-electron chi connectivity index (χ0n) is 18.3. The van der Waals surface area contributed by atoms with Crippen LogP contribution in [0.15, 0.2) is 52.9 Å². The van der Waals surface area contributed by atoms with Crippen molar-refractivity contribution in [1.29, 1.82) is 0 Å². The van der Waals surface area contributed by atoms with E-state index in [9.17, 15) is 4.79 Å². The van der Waals surface area contributed by atoms with Crippen LogP contribution in [0.4, 0.5) is 0 Å². The maximum atomic E-state index is 10.8. The Morgan fingerprint density at radius 1 is 1.07 bits per heavy atom. The van der Waals surface area contributed by atoms with Crippen LogP contribution in [-0.4, -0.2) is 22.7 Å². The summed E-state index contributed by atoms with van der Waals surface area (Å²) in [6.07, 6.45) is 2.18. The van der Waals surface area contributed by atoms with E-state index in [-0.39, 0.29) is 6.42 Å². The summed E-state index contributed by atoms with van der Waals surface area (Å²) in [6.45, 7) is 8.48. The van der Waals surface area contributed by atoms with E-state index in [4.69, 9.17) is 14.3 Å². The molecule has 0 aliphatic heterocycles. The lowest BCUT2D eigenvalue weighted by atomic mass is 10.0. The molecule has 0 fully saturated rings. The van der Waals surface area contributed by atoms with Gasteiger partial charge in [0, 0.05) is 18.4 Å². The Kier molecular flexibility index (Phi) is 9.13. The number of benzene rings is 2. The molecule has 3 aromatic rings. The third kappa shape index (κ3) is 6.48. The van der Waals surface area contributed by atoms with Crippen molar-refractivity contribution in [3.05, 3.63) is 71.1 Å². The Hall–Kier alpha value is -3.08. The van der Waals surface area contributed by atoms with Crippen molar-refractivity contribution in [3.63, 3.8) is 0 Å². The van der Waals surface area contributed by atoms with Crippen LogP contribution in [0, 0.1) is 6.92 Å². The highest BCUT2D eigenvalue weighted by molar-refractivity contribution is 5.67. The second-order valence-electron chi connectivity index (χ2n) is 6.66. The summed E-state index contributed by atoms with van der Waals surface area (Å²) < 4.78 is 11.7. The Balaban J connectivity index is 0.00000155. The van der Waals surface area contributed by atoms with Gasteiger partial charge in [-0.25, -0.2) is 4.98 Å². The first kappa shape index (κ1) is 23.2. The number of hydrogen-bond acceptors (Lipinski definition) is 4. The minimum Gasteiger partial charge on any atom is -0.493 e. The summed E-state index contributed by atoms with van der Waals surface area (Å²) in [5, 5.41) is 8.88. The van der Waals surface area contributed by atoms with Gasteiger partial charge in [0.05, 0.1) is 12.3 Å². The molecule has 0 radical (unpaired) electrons. The van der Waals surface area contributed by atoms with Crippen molar-refractivity contribution in [2.45, 2.75) is 53.4 Å². The number of carboxylic acid groups (broad SMARTS) is 1. The molecule has 0 spiro atoms. The molecule has 0 bridgehead atoms. The topological polar surface area (TPSA) is 72.6 Å². The zero-order valence-corrected chi connectivity index (χ0v) is 18.3. The predicted molar refractivity (Wildman–Crippen MR) is 119 cm³/mol. The number of aliphatic carboxylic acids is 1. The number of rotatable bonds is 9. The van der Waals surface area contributed by atoms with Crippen LogP contribution in [0.1, 0.15) is 49.8 Å². The Morgan fingerprint density at radius 2 is 1.80 bits per heavy atom. The van der Waals surface area contributed by atoms with Gasteiger partial charge in [0.15, 0.2) is 0 Å². The van der Waals surface area contributed by atoms with Crippen LogP contribution in [0.3, 0.4) is 0 Å². The second-order valence-corrected chi connectivity index (χ2v) is 6.66. The van der Waals surface area contributed by atoms with Gasteiger partial charge in [0.2, 0.25) is 5.89 Å². The lowest BCUT2D eigenvalue weighted by molar-refractivity contribution is -0.136. The Bertz CT molecular complexity index is 932. The highest BCUT2D eigenvalue weighted by Gasteiger charge is 2.12. The summed E-state index contributed by atoms with van der Waals surface area (Å²) in [4.78, 5) is 15.4. The molecule has 0 aliphatic rings. The number of hydrogen-bond donors (Lipinski definition) is 1. The van der Waals surface area contributed by atoms with Gasteiger partial charge in [-0.2, -0.15) is 0 Å². The van der Waals surface area contributed by atoms with E-state index in [1.54, 1.807) is 0 Å². The van der Waals surface area contributed by atoms with Gasteiger partial charge in [0.25, 0.3) is 0 Å². The van der Waals surface area contributed by atoms with Gasteiger partial charge < -0.3 is 14.3 Å². The molecule has 1 N–H and O–H groups in total. The van der Waals surface area contributed by atoms with Crippen molar-refractivity contribution < 1.29 is 19.1 Å². The standard InChI is InChI=1S/C23H25NO4.C2H6/c1-3-17-15-20(11-9-18(17)10-12-22(25)26)27-14-13-21-16(2)28-23(24-21)19-7-5-4-6-8-19;1-2/h4-9,11,15H,3,10,12-14H2,1-2H3,(H,25,26);1-2H3. The molecule has 2 aromatic carbocycles. The van der Waals surface area contributed by atoms with E-state index in [0.717, 1.165) is 40.3 Å². The van der Waals surface area contributed by atoms with Gasteiger partial charge >= 0.3 is 5.97 Å². The molecule has 0 atom stereocenters. The molecule has 3 rings (SSSR count). The first-order valence-corrected chi connectivity index (χ1v) is 10.5. The van der Waals surface area contributed by atoms with Gasteiger partial charge in [-0.3, -0.25) is 4.79 Å². The maximum absolute atomic E-state index is 10.8. The van der Waals surface area contributed by atoms with Gasteiger partial charge in [-0.05, 0) is 55.2 Å². The summed E-state index contributed by atoms with van der Waals surface area (Å²) >= 11 is 0. The normalized spacial score (nSPS) is 10.3. The molecule has 0 aliphatic carbocycles. The molecular weight excluding hydrogens is 378 g/mol. The minimum atomic E-state index is -0.778. The van der Waals surface area contributed by atoms with E-state index in [2.05, 4.69) is 11.9 Å². The molecule has 5 nitrogen and oxygen atoms in total. The SMILES string of the molecule is CC.CCc1cc(OCCc2nc(-c3ccccc3)oc2C)ccc1CCC(=O)O. The van der Waals surface area contributed by atoms with Gasteiger partial charge in [-0.1, -0.05) is 45.0 Å². The van der Waals surface area contributed by atoms with Crippen molar-refractivity contribution >= 4 is 5.97 Å². The lowest BCUT2D eigenvalue weighted by Gasteiger charge is -2.11. The summed E-state index contributed by atoms with van der Waals surface area (Å²) in [5.41, 5.74) is 4.05. The molecule has 1 aromatic heterocycles. The number of nitrogens with zero attached hydrogens (tertiary/aromatic N) is 1. The molecule has 160 valence electrons. The summed E-state index contributed by atoms with van der Waals surface area (Å²) in [7, 11) is 0. The highest BCUT2D eigenvalue weighted by Crippen LogP contribution is 2.23. The number of aryl methyl sites for hydroxylation is 3. The molecule has 30 heavy (non-hydrogen) atoms. The third-order valence-electron chi connectivity index (χ3n) is 4.69. The quantitative estimate of drug-likeness (QED) is 0.478. The largest absolute Gasteiger partial charge is 0.493 e. The number of carboxylic acids is 1. The summed E-state index contributed by atoms with van der Waals surface area (Å²) in [6, 6.07) is 15.7. The van der Waals surface area contributed by atoms with Crippen LogP contribution in [0.2, 0.25) is 0 Å². The van der Waals surface area contributed by atoms with E-state index in [1.807, 2.05) is 69.3 Å². The van der Waals surface area contributed by atoms with E-state index < -0.39 is 5.97 Å². The van der Waals surface area contributed by atoms with Crippen molar-refractivity contribution in [1.82, 2.24) is 4.98 Å². The van der Waals surface area contributed by atoms with Gasteiger partial charge in [-0.15, -0.1) is 0 Å². The average molecular weight is 410 g/mol. The molecule has 0 amide bonds. The van der Waals surface area contributed by atoms with E-state index in [1.165, 1.54) is 0 Å². The monoisotopic (exact) mass is 409 g/mol. The first-order valence-electron chi connectivity index (χ1n) is 10.5. The lowest BCUT2D eigenvalue weighted by Crippen LogP contribution is -2.04.